The molecule has 13 nitrogen and oxygen atoms in total. The molecule has 2 heterocycles. The number of benzene rings is 3. The number of ether oxygens (including phenoxy) is 6. The summed E-state index contributed by atoms with van der Waals surface area (Å²) >= 11 is 3.53. The minimum absolute atomic E-state index is 0.149. The lowest BCUT2D eigenvalue weighted by Crippen LogP contribution is -2.45. The van der Waals surface area contributed by atoms with Crippen molar-refractivity contribution in [2.45, 2.75) is 32.7 Å². The topological polar surface area (TPSA) is 158 Å². The minimum Gasteiger partial charge on any atom is -0.490 e. The monoisotopic (exact) mass is 696 g/mol. The first kappa shape index (κ1) is 32.4. The fourth-order valence-electron chi connectivity index (χ4n) is 4.73. The third-order valence-electron chi connectivity index (χ3n) is 6.90. The number of aliphatic hydroxyl groups excluding tert-OH is 1. The second-order valence-corrected chi connectivity index (χ2v) is 10.9. The van der Waals surface area contributed by atoms with Crippen molar-refractivity contribution in [1.82, 2.24) is 16.1 Å². The number of amides is 2. The predicted molar refractivity (Wildman–Crippen MR) is 170 cm³/mol. The lowest BCUT2D eigenvalue weighted by molar-refractivity contribution is -0.136. The van der Waals surface area contributed by atoms with Crippen LogP contribution in [-0.2, 0) is 16.1 Å². The average Bonchev–Trinajstić information content (AvgIpc) is 3.51. The van der Waals surface area contributed by atoms with E-state index < -0.39 is 24.3 Å². The van der Waals surface area contributed by atoms with Crippen molar-refractivity contribution in [3.05, 3.63) is 87.0 Å². The Morgan fingerprint density at radius 1 is 1.09 bits per heavy atom. The van der Waals surface area contributed by atoms with Gasteiger partial charge in [-0.2, -0.15) is 5.10 Å². The zero-order valence-electron chi connectivity index (χ0n) is 25.3. The molecule has 242 valence electrons. The molecule has 0 unspecified atom stereocenters. The molecule has 2 amide bonds. The first-order chi connectivity index (χ1) is 22.2. The molecular formula is C32H33BrN4O9. The van der Waals surface area contributed by atoms with Crippen LogP contribution < -0.4 is 39.7 Å². The first-order valence-electron chi connectivity index (χ1n) is 14.3. The van der Waals surface area contributed by atoms with Crippen molar-refractivity contribution in [2.75, 3.05) is 27.1 Å². The molecule has 0 bridgehead atoms. The fourth-order valence-corrected chi connectivity index (χ4v) is 5.24. The van der Waals surface area contributed by atoms with Crippen LogP contribution in [0.5, 0.6) is 28.7 Å². The summed E-state index contributed by atoms with van der Waals surface area (Å²) in [4.78, 5) is 24.6. The number of hydrogen-bond acceptors (Lipinski definition) is 11. The Kier molecular flexibility index (Phi) is 10.5. The van der Waals surface area contributed by atoms with Gasteiger partial charge in [0.05, 0.1) is 36.0 Å². The molecule has 2 atom stereocenters. The van der Waals surface area contributed by atoms with Gasteiger partial charge >= 0.3 is 12.0 Å². The van der Waals surface area contributed by atoms with Gasteiger partial charge in [-0.3, -0.25) is 5.43 Å². The molecule has 0 radical (unpaired) electrons. The number of rotatable bonds is 13. The number of methoxy groups -OCH3 is 1. The normalized spacial score (nSPS) is 16.0. The van der Waals surface area contributed by atoms with E-state index >= 15 is 0 Å². The van der Waals surface area contributed by atoms with Crippen LogP contribution in [0.2, 0.25) is 0 Å². The molecular weight excluding hydrogens is 664 g/mol. The predicted octanol–water partition coefficient (Wildman–Crippen LogP) is 4.28. The van der Waals surface area contributed by atoms with Gasteiger partial charge in [-0.25, -0.2) is 9.59 Å². The number of hydrogen-bond donors (Lipinski definition) is 4. The van der Waals surface area contributed by atoms with Crippen molar-refractivity contribution >= 4 is 34.1 Å². The van der Waals surface area contributed by atoms with Gasteiger partial charge in [0.15, 0.2) is 29.2 Å². The highest BCUT2D eigenvalue weighted by Crippen LogP contribution is 2.35. The van der Waals surface area contributed by atoms with E-state index in [1.54, 1.807) is 31.3 Å². The van der Waals surface area contributed by atoms with Gasteiger partial charge in [-0.15, -0.1) is 0 Å². The molecule has 3 aromatic carbocycles. The lowest BCUT2D eigenvalue weighted by atomic mass is 9.95. The maximum atomic E-state index is 12.4. The number of hydrazone groups is 1. The molecule has 0 spiro atoms. The summed E-state index contributed by atoms with van der Waals surface area (Å²) < 4.78 is 33.9. The zero-order chi connectivity index (χ0) is 32.6. The summed E-state index contributed by atoms with van der Waals surface area (Å²) in [6.45, 7) is 4.20. The molecule has 2 aliphatic rings. The molecule has 4 N–H and O–H groups in total. The van der Waals surface area contributed by atoms with Crippen LogP contribution >= 0.6 is 15.9 Å². The second kappa shape index (κ2) is 14.9. The van der Waals surface area contributed by atoms with E-state index in [0.717, 1.165) is 21.3 Å². The van der Waals surface area contributed by atoms with Gasteiger partial charge in [0.25, 0.3) is 0 Å². The smallest absolute Gasteiger partial charge is 0.337 e. The molecule has 0 aliphatic carbocycles. The van der Waals surface area contributed by atoms with E-state index in [1.807, 2.05) is 43.3 Å². The number of fused-ring (bicyclic) bond motifs is 1. The number of urea groups is 1. The van der Waals surface area contributed by atoms with Gasteiger partial charge in [0.2, 0.25) is 6.79 Å². The average molecular weight is 698 g/mol. The van der Waals surface area contributed by atoms with Crippen molar-refractivity contribution in [2.24, 2.45) is 5.10 Å². The molecule has 0 saturated carbocycles. The van der Waals surface area contributed by atoms with Crippen LogP contribution in [0.25, 0.3) is 0 Å². The van der Waals surface area contributed by atoms with Gasteiger partial charge < -0.3 is 44.2 Å². The summed E-state index contributed by atoms with van der Waals surface area (Å²) in [5, 5.41) is 19.9. The number of carbonyl (C=O) groups is 2. The van der Waals surface area contributed by atoms with E-state index in [9.17, 15) is 14.7 Å². The lowest BCUT2D eigenvalue weighted by Gasteiger charge is -2.28. The van der Waals surface area contributed by atoms with E-state index in [0.29, 0.717) is 47.5 Å². The SMILES string of the molecule is CCOc1cc([C@H]2NC(=O)NC(C)=C2C(=O)OC)ccc1OC[C@@H](O)N/N=C\c1ccc(OCc2ccc3c(c2)OCO3)c(Br)c1. The van der Waals surface area contributed by atoms with Crippen LogP contribution in [-0.4, -0.2) is 56.7 Å². The molecule has 3 aromatic rings. The van der Waals surface area contributed by atoms with E-state index in [-0.39, 0.29) is 19.0 Å². The van der Waals surface area contributed by atoms with E-state index in [2.05, 4.69) is 37.1 Å². The molecule has 2 aliphatic heterocycles. The van der Waals surface area contributed by atoms with Gasteiger partial charge in [-0.1, -0.05) is 12.1 Å². The Hall–Kier alpha value is -4.95. The second-order valence-electron chi connectivity index (χ2n) is 10.1. The summed E-state index contributed by atoms with van der Waals surface area (Å²) in [6, 6.07) is 15.0. The summed E-state index contributed by atoms with van der Waals surface area (Å²) in [6.07, 6.45) is 0.413. The maximum Gasteiger partial charge on any atom is 0.337 e. The highest BCUT2D eigenvalue weighted by atomic mass is 79.9. The summed E-state index contributed by atoms with van der Waals surface area (Å²) in [5.41, 5.74) is 5.59. The Balaban J connectivity index is 1.15. The standard InChI is InChI=1S/C32H33BrN4O9/c1-4-42-27-13-21(30-29(31(39)41-3)18(2)35-32(40)36-30)7-10-24(27)44-16-28(38)37-34-14-19-5-8-23(22(33)11-19)43-15-20-6-9-25-26(12-20)46-17-45-25/h5-14,28,30,37-38H,4,15-17H2,1-3H3,(H2,35,36,40)/b34-14-/t28-,30-/m1/s1. The third-order valence-corrected chi connectivity index (χ3v) is 7.52. The highest BCUT2D eigenvalue weighted by molar-refractivity contribution is 9.10. The first-order valence-corrected chi connectivity index (χ1v) is 15.1. The Bertz CT molecular complexity index is 1660. The van der Waals surface area contributed by atoms with Crippen LogP contribution in [0.1, 0.15) is 36.6 Å². The Morgan fingerprint density at radius 3 is 2.67 bits per heavy atom. The van der Waals surface area contributed by atoms with Crippen LogP contribution in [0.3, 0.4) is 0 Å². The zero-order valence-corrected chi connectivity index (χ0v) is 26.9. The summed E-state index contributed by atoms with van der Waals surface area (Å²) in [5.74, 6) is 2.23. The fraction of sp³-hybridized carbons (Fsp3) is 0.281. The Labute approximate surface area is 273 Å². The van der Waals surface area contributed by atoms with Crippen LogP contribution in [0, 0.1) is 0 Å². The van der Waals surface area contributed by atoms with Crippen molar-refractivity contribution in [1.29, 1.82) is 0 Å². The number of nitrogens with one attached hydrogen (secondary N) is 3. The number of aliphatic hydroxyl groups is 1. The minimum atomic E-state index is -1.14. The largest absolute Gasteiger partial charge is 0.490 e. The number of allylic oxidation sites excluding steroid dienone is 1. The van der Waals surface area contributed by atoms with E-state index in [4.69, 9.17) is 28.4 Å². The molecule has 0 aromatic heterocycles. The van der Waals surface area contributed by atoms with Crippen molar-refractivity contribution in [3.8, 4) is 28.7 Å². The van der Waals surface area contributed by atoms with Crippen LogP contribution in [0.4, 0.5) is 4.79 Å². The van der Waals surface area contributed by atoms with Gasteiger partial charge in [-0.05, 0) is 88.9 Å². The molecule has 5 rings (SSSR count). The van der Waals surface area contributed by atoms with Crippen LogP contribution in [0.15, 0.2) is 75.4 Å². The van der Waals surface area contributed by atoms with Gasteiger partial charge in [0, 0.05) is 5.70 Å². The van der Waals surface area contributed by atoms with Gasteiger partial charge in [0.1, 0.15) is 19.0 Å². The number of carbonyl (C=O) groups excluding carboxylic acids is 2. The molecule has 14 heteroatoms. The van der Waals surface area contributed by atoms with Crippen molar-refractivity contribution < 1.29 is 43.1 Å². The van der Waals surface area contributed by atoms with Crippen molar-refractivity contribution in [3.63, 3.8) is 0 Å². The summed E-state index contributed by atoms with van der Waals surface area (Å²) in [7, 11) is 1.27. The quantitative estimate of drug-likeness (QED) is 0.0880. The Morgan fingerprint density at radius 2 is 1.89 bits per heavy atom. The number of esters is 1. The third kappa shape index (κ3) is 7.82. The molecule has 0 fully saturated rings. The number of nitrogens with zero attached hydrogens (tertiary/aromatic N) is 1. The number of halogens is 1. The maximum absolute atomic E-state index is 12.4. The molecule has 46 heavy (non-hydrogen) atoms. The van der Waals surface area contributed by atoms with E-state index in [1.165, 1.54) is 7.11 Å². The molecule has 0 saturated heterocycles. The highest BCUT2D eigenvalue weighted by Gasteiger charge is 2.32.